The highest BCUT2D eigenvalue weighted by Crippen LogP contribution is 2.15. The number of aliphatic carboxylic acids is 1. The van der Waals surface area contributed by atoms with Crippen molar-refractivity contribution >= 4 is 17.1 Å². The molecule has 0 bridgehead atoms. The van der Waals surface area contributed by atoms with Crippen molar-refractivity contribution in [1.29, 1.82) is 0 Å². The lowest BCUT2D eigenvalue weighted by Gasteiger charge is -2.10. The van der Waals surface area contributed by atoms with Crippen LogP contribution < -0.4 is 5.32 Å². The Morgan fingerprint density at radius 3 is 3.12 bits per heavy atom. The number of likely N-dealkylation sites (N-methyl/N-ethyl adjacent to an activating group) is 1. The van der Waals surface area contributed by atoms with E-state index in [9.17, 15) is 4.79 Å². The van der Waals surface area contributed by atoms with Crippen LogP contribution >= 0.6 is 0 Å². The number of fused-ring (bicyclic) bond motifs is 1. The van der Waals surface area contributed by atoms with Gasteiger partial charge < -0.3 is 14.8 Å². The quantitative estimate of drug-likeness (QED) is 0.818. The average molecular weight is 234 g/mol. The van der Waals surface area contributed by atoms with Crippen molar-refractivity contribution < 1.29 is 14.3 Å². The summed E-state index contributed by atoms with van der Waals surface area (Å²) in [5, 5.41) is 11.7. The van der Waals surface area contributed by atoms with E-state index in [2.05, 4.69) is 10.3 Å². The molecule has 17 heavy (non-hydrogen) atoms. The number of benzene rings is 1. The van der Waals surface area contributed by atoms with E-state index in [1.807, 2.05) is 18.2 Å². The predicted molar refractivity (Wildman–Crippen MR) is 62.8 cm³/mol. The number of nitrogens with zero attached hydrogens (tertiary/aromatic N) is 1. The van der Waals surface area contributed by atoms with E-state index >= 15 is 0 Å². The number of carboxylic acid groups (broad SMARTS) is 1. The Labute approximate surface area is 98.5 Å². The van der Waals surface area contributed by atoms with E-state index in [0.717, 1.165) is 16.7 Å². The number of nitrogens with one attached hydrogen (secondary N) is 1. The topological polar surface area (TPSA) is 75.4 Å². The molecule has 2 N–H and O–H groups in total. The largest absolute Gasteiger partial charge is 0.480 e. The predicted octanol–water partition coefficient (Wildman–Crippen LogP) is 1.43. The number of carboxylic acids is 1. The molecule has 1 atom stereocenters. The summed E-state index contributed by atoms with van der Waals surface area (Å²) >= 11 is 0. The summed E-state index contributed by atoms with van der Waals surface area (Å²) in [5.74, 6) is -0.826. The minimum Gasteiger partial charge on any atom is -0.480 e. The van der Waals surface area contributed by atoms with Gasteiger partial charge in [0.05, 0.1) is 0 Å². The summed E-state index contributed by atoms with van der Waals surface area (Å²) in [6.45, 7) is 0. The van der Waals surface area contributed by atoms with Crippen LogP contribution in [0.25, 0.3) is 11.1 Å². The zero-order valence-electron chi connectivity index (χ0n) is 9.51. The van der Waals surface area contributed by atoms with Crippen molar-refractivity contribution in [2.45, 2.75) is 18.9 Å². The first-order chi connectivity index (χ1) is 8.20. The van der Waals surface area contributed by atoms with E-state index in [-0.39, 0.29) is 0 Å². The molecule has 0 aliphatic rings. The molecule has 5 nitrogen and oxygen atoms in total. The fourth-order valence-corrected chi connectivity index (χ4v) is 1.76. The van der Waals surface area contributed by atoms with Crippen LogP contribution in [-0.4, -0.2) is 29.1 Å². The Kier molecular flexibility index (Phi) is 3.39. The highest BCUT2D eigenvalue weighted by Gasteiger charge is 2.14. The van der Waals surface area contributed by atoms with Gasteiger partial charge in [-0.3, -0.25) is 4.79 Å². The molecule has 1 unspecified atom stereocenters. The second-order valence-electron chi connectivity index (χ2n) is 3.87. The molecule has 0 aliphatic heterocycles. The maximum Gasteiger partial charge on any atom is 0.320 e. The minimum atomic E-state index is -0.826. The van der Waals surface area contributed by atoms with Crippen LogP contribution in [0.3, 0.4) is 0 Å². The molecular formula is C12H14N2O3. The Hall–Kier alpha value is -1.88. The zero-order valence-corrected chi connectivity index (χ0v) is 9.51. The van der Waals surface area contributed by atoms with Crippen LogP contribution in [0.1, 0.15) is 12.0 Å². The first kappa shape index (κ1) is 11.6. The third kappa shape index (κ3) is 2.62. The van der Waals surface area contributed by atoms with Gasteiger partial charge in [-0.05, 0) is 37.6 Å². The number of oxazole rings is 1. The van der Waals surface area contributed by atoms with Gasteiger partial charge in [-0.15, -0.1) is 0 Å². The second kappa shape index (κ2) is 4.97. The third-order valence-corrected chi connectivity index (χ3v) is 2.76. The Morgan fingerprint density at radius 1 is 1.59 bits per heavy atom. The van der Waals surface area contributed by atoms with Crippen molar-refractivity contribution in [3.05, 3.63) is 30.2 Å². The smallest absolute Gasteiger partial charge is 0.320 e. The highest BCUT2D eigenvalue weighted by atomic mass is 16.4. The summed E-state index contributed by atoms with van der Waals surface area (Å²) < 4.78 is 5.20. The standard InChI is InChI=1S/C12H14N2O3/c1-13-10(12(15)16)5-3-8-2-4-9-11(6-8)17-7-14-9/h2,4,6-7,10,13H,3,5H2,1H3,(H,15,16). The molecule has 0 saturated heterocycles. The molecule has 0 amide bonds. The Morgan fingerprint density at radius 2 is 2.41 bits per heavy atom. The van der Waals surface area contributed by atoms with Crippen molar-refractivity contribution in [2.24, 2.45) is 0 Å². The van der Waals surface area contributed by atoms with Crippen LogP contribution in [0.4, 0.5) is 0 Å². The summed E-state index contributed by atoms with van der Waals surface area (Å²) in [6, 6.07) is 5.21. The van der Waals surface area contributed by atoms with Crippen molar-refractivity contribution in [3.63, 3.8) is 0 Å². The maximum atomic E-state index is 10.8. The minimum absolute atomic E-state index is 0.513. The third-order valence-electron chi connectivity index (χ3n) is 2.76. The monoisotopic (exact) mass is 234 g/mol. The molecule has 2 rings (SSSR count). The lowest BCUT2D eigenvalue weighted by molar-refractivity contribution is -0.139. The zero-order chi connectivity index (χ0) is 12.3. The summed E-state index contributed by atoms with van der Waals surface area (Å²) in [5.41, 5.74) is 2.60. The number of carbonyl (C=O) groups is 1. The fourth-order valence-electron chi connectivity index (χ4n) is 1.76. The van der Waals surface area contributed by atoms with E-state index in [1.165, 1.54) is 6.39 Å². The van der Waals surface area contributed by atoms with Crippen molar-refractivity contribution in [3.8, 4) is 0 Å². The Balaban J connectivity index is 2.05. The molecule has 1 aromatic heterocycles. The van der Waals surface area contributed by atoms with Crippen LogP contribution in [0.5, 0.6) is 0 Å². The second-order valence-corrected chi connectivity index (χ2v) is 3.87. The molecule has 1 aromatic carbocycles. The maximum absolute atomic E-state index is 10.8. The highest BCUT2D eigenvalue weighted by molar-refractivity contribution is 5.74. The number of hydrogen-bond donors (Lipinski definition) is 2. The van der Waals surface area contributed by atoms with Gasteiger partial charge in [0, 0.05) is 0 Å². The first-order valence-corrected chi connectivity index (χ1v) is 5.43. The summed E-state index contributed by atoms with van der Waals surface area (Å²) in [6.07, 6.45) is 2.64. The van der Waals surface area contributed by atoms with Gasteiger partial charge in [0.15, 0.2) is 12.0 Å². The normalized spacial score (nSPS) is 12.8. The lowest BCUT2D eigenvalue weighted by atomic mass is 10.1. The molecule has 0 radical (unpaired) electrons. The van der Waals surface area contributed by atoms with Crippen LogP contribution in [0.2, 0.25) is 0 Å². The van der Waals surface area contributed by atoms with E-state index in [0.29, 0.717) is 12.8 Å². The number of rotatable bonds is 5. The molecule has 0 spiro atoms. The van der Waals surface area contributed by atoms with Gasteiger partial charge in [-0.1, -0.05) is 6.07 Å². The van der Waals surface area contributed by atoms with E-state index in [4.69, 9.17) is 9.52 Å². The molecule has 1 heterocycles. The molecule has 5 heteroatoms. The number of hydrogen-bond acceptors (Lipinski definition) is 4. The van der Waals surface area contributed by atoms with Gasteiger partial charge in [0.2, 0.25) is 0 Å². The number of aryl methyl sites for hydroxylation is 1. The van der Waals surface area contributed by atoms with Gasteiger partial charge in [0.25, 0.3) is 0 Å². The Bertz CT molecular complexity index is 521. The molecule has 0 aliphatic carbocycles. The van der Waals surface area contributed by atoms with Crippen LogP contribution in [0, 0.1) is 0 Å². The van der Waals surface area contributed by atoms with E-state index < -0.39 is 12.0 Å². The van der Waals surface area contributed by atoms with Crippen molar-refractivity contribution in [2.75, 3.05) is 7.05 Å². The van der Waals surface area contributed by atoms with Gasteiger partial charge >= 0.3 is 5.97 Å². The van der Waals surface area contributed by atoms with E-state index in [1.54, 1.807) is 7.05 Å². The molecular weight excluding hydrogens is 220 g/mol. The van der Waals surface area contributed by atoms with Gasteiger partial charge in [-0.2, -0.15) is 0 Å². The number of aromatic nitrogens is 1. The SMILES string of the molecule is CNC(CCc1ccc2ncoc2c1)C(=O)O. The van der Waals surface area contributed by atoms with Crippen LogP contribution in [-0.2, 0) is 11.2 Å². The molecule has 90 valence electrons. The summed E-state index contributed by atoms with van der Waals surface area (Å²) in [4.78, 5) is 14.9. The molecule has 0 saturated carbocycles. The van der Waals surface area contributed by atoms with Gasteiger partial charge in [-0.25, -0.2) is 4.98 Å². The summed E-state index contributed by atoms with van der Waals surface area (Å²) in [7, 11) is 1.65. The van der Waals surface area contributed by atoms with Crippen molar-refractivity contribution in [1.82, 2.24) is 10.3 Å². The molecule has 0 fully saturated rings. The molecule has 2 aromatic rings. The van der Waals surface area contributed by atoms with Gasteiger partial charge in [0.1, 0.15) is 11.6 Å². The fraction of sp³-hybridized carbons (Fsp3) is 0.333. The first-order valence-electron chi connectivity index (χ1n) is 5.43. The average Bonchev–Trinajstić information content (AvgIpc) is 2.76. The lowest BCUT2D eigenvalue weighted by Crippen LogP contribution is -2.34. The van der Waals surface area contributed by atoms with Crippen LogP contribution in [0.15, 0.2) is 29.0 Å².